The Hall–Kier alpha value is -1.23. The van der Waals surface area contributed by atoms with E-state index in [0.29, 0.717) is 6.42 Å². The molecule has 5 heteroatoms. The van der Waals surface area contributed by atoms with E-state index >= 15 is 0 Å². The van der Waals surface area contributed by atoms with Gasteiger partial charge in [-0.1, -0.05) is 12.1 Å². The van der Waals surface area contributed by atoms with Crippen LogP contribution in [0.1, 0.15) is 12.0 Å². The first-order valence-electron chi connectivity index (χ1n) is 5.78. The third-order valence-corrected chi connectivity index (χ3v) is 5.14. The van der Waals surface area contributed by atoms with E-state index in [1.165, 1.54) is 0 Å². The van der Waals surface area contributed by atoms with Crippen molar-refractivity contribution >= 4 is 15.5 Å². The lowest BCUT2D eigenvalue weighted by atomic mass is 10.0. The van der Waals surface area contributed by atoms with Crippen molar-refractivity contribution < 1.29 is 13.2 Å². The highest BCUT2D eigenvalue weighted by Crippen LogP contribution is 2.36. The van der Waals surface area contributed by atoms with E-state index in [4.69, 9.17) is 4.74 Å². The Bertz CT molecular complexity index is 553. The van der Waals surface area contributed by atoms with Crippen LogP contribution in [-0.2, 0) is 9.84 Å². The predicted octanol–water partition coefficient (Wildman–Crippen LogP) is 1.36. The van der Waals surface area contributed by atoms with Crippen molar-refractivity contribution in [1.82, 2.24) is 0 Å². The Kier molecular flexibility index (Phi) is 2.33. The van der Waals surface area contributed by atoms with E-state index in [-0.39, 0.29) is 23.7 Å². The van der Waals surface area contributed by atoms with Gasteiger partial charge in [0.2, 0.25) is 0 Å². The van der Waals surface area contributed by atoms with E-state index in [9.17, 15) is 8.42 Å². The number of sulfone groups is 1. The van der Waals surface area contributed by atoms with E-state index in [0.717, 1.165) is 17.0 Å². The smallest absolute Gasteiger partial charge is 0.152 e. The number of nitrogens with one attached hydrogen (secondary N) is 1. The summed E-state index contributed by atoms with van der Waals surface area (Å²) in [7, 11) is -2.91. The number of benzene rings is 1. The number of hydrogen-bond acceptors (Lipinski definition) is 4. The maximum atomic E-state index is 11.6. The molecule has 2 heterocycles. The minimum absolute atomic E-state index is 0.0212. The second-order valence-electron chi connectivity index (χ2n) is 4.76. The maximum Gasteiger partial charge on any atom is 0.152 e. The zero-order chi connectivity index (χ0) is 12.0. The van der Waals surface area contributed by atoms with Crippen molar-refractivity contribution in [2.24, 2.45) is 0 Å². The van der Waals surface area contributed by atoms with Gasteiger partial charge in [0.15, 0.2) is 9.84 Å². The van der Waals surface area contributed by atoms with E-state index < -0.39 is 9.84 Å². The first-order chi connectivity index (χ1) is 8.05. The van der Waals surface area contributed by atoms with Gasteiger partial charge in [0.1, 0.15) is 11.9 Å². The van der Waals surface area contributed by atoms with Gasteiger partial charge in [0, 0.05) is 6.42 Å². The quantitative estimate of drug-likeness (QED) is 0.758. The average molecular weight is 253 g/mol. The molecule has 0 bridgehead atoms. The summed E-state index contributed by atoms with van der Waals surface area (Å²) in [6.45, 7) is 2.00. The number of aryl methyl sites for hydroxylation is 1. The van der Waals surface area contributed by atoms with Crippen LogP contribution in [0.2, 0.25) is 0 Å². The molecule has 1 aromatic rings. The average Bonchev–Trinajstić information content (AvgIpc) is 2.26. The first kappa shape index (κ1) is 10.9. The molecule has 1 saturated heterocycles. The summed E-state index contributed by atoms with van der Waals surface area (Å²) in [6.07, 6.45) is 0.556. The fourth-order valence-electron chi connectivity index (χ4n) is 2.51. The molecule has 2 unspecified atom stereocenters. The zero-order valence-electron chi connectivity index (χ0n) is 9.64. The summed E-state index contributed by atoms with van der Waals surface area (Å²) >= 11 is 0. The standard InChI is InChI=1S/C12H15NO3S/c1-8-3-2-4-9-12(8)16-11-5-6-17(14,15)7-10(11)13-9/h2-4,10-11,13H,5-7H2,1H3. The fraction of sp³-hybridized carbons (Fsp3) is 0.500. The third kappa shape index (κ3) is 1.88. The molecule has 3 rings (SSSR count). The molecule has 2 atom stereocenters. The van der Waals surface area contributed by atoms with Gasteiger partial charge >= 0.3 is 0 Å². The minimum Gasteiger partial charge on any atom is -0.486 e. The Morgan fingerprint density at radius 1 is 1.41 bits per heavy atom. The van der Waals surface area contributed by atoms with Crippen LogP contribution < -0.4 is 10.1 Å². The van der Waals surface area contributed by atoms with Crippen LogP contribution >= 0.6 is 0 Å². The lowest BCUT2D eigenvalue weighted by Gasteiger charge is -2.38. The molecule has 2 aliphatic rings. The van der Waals surface area contributed by atoms with E-state index in [1.54, 1.807) is 0 Å². The summed E-state index contributed by atoms with van der Waals surface area (Å²) in [5.41, 5.74) is 1.99. The summed E-state index contributed by atoms with van der Waals surface area (Å²) in [4.78, 5) is 0. The first-order valence-corrected chi connectivity index (χ1v) is 7.60. The van der Waals surface area contributed by atoms with Gasteiger partial charge < -0.3 is 10.1 Å². The number of para-hydroxylation sites is 1. The summed E-state index contributed by atoms with van der Waals surface area (Å²) in [5, 5.41) is 3.29. The predicted molar refractivity (Wildman–Crippen MR) is 66.3 cm³/mol. The highest BCUT2D eigenvalue weighted by molar-refractivity contribution is 7.91. The van der Waals surface area contributed by atoms with Crippen LogP contribution in [0.3, 0.4) is 0 Å². The molecule has 0 saturated carbocycles. The summed E-state index contributed by atoms with van der Waals surface area (Å²) in [6, 6.07) is 5.77. The molecule has 0 amide bonds. The van der Waals surface area contributed by atoms with Gasteiger partial charge in [0.05, 0.1) is 23.2 Å². The van der Waals surface area contributed by atoms with Gasteiger partial charge in [-0.25, -0.2) is 8.42 Å². The molecule has 92 valence electrons. The Balaban J connectivity index is 1.95. The fourth-order valence-corrected chi connectivity index (χ4v) is 4.11. The molecule has 0 aliphatic carbocycles. The van der Waals surface area contributed by atoms with Crippen molar-refractivity contribution in [2.45, 2.75) is 25.5 Å². The molecule has 17 heavy (non-hydrogen) atoms. The second-order valence-corrected chi connectivity index (χ2v) is 6.99. The van der Waals surface area contributed by atoms with Crippen LogP contribution in [0.25, 0.3) is 0 Å². The maximum absolute atomic E-state index is 11.6. The van der Waals surface area contributed by atoms with Crippen molar-refractivity contribution in [2.75, 3.05) is 16.8 Å². The number of ether oxygens (including phenoxy) is 1. The van der Waals surface area contributed by atoms with Crippen molar-refractivity contribution in [3.63, 3.8) is 0 Å². The number of hydrogen-bond donors (Lipinski definition) is 1. The Morgan fingerprint density at radius 3 is 3.06 bits per heavy atom. The highest BCUT2D eigenvalue weighted by Gasteiger charge is 2.38. The Labute approximate surface area is 101 Å². The molecule has 0 aromatic heterocycles. The molecule has 2 aliphatic heterocycles. The lowest BCUT2D eigenvalue weighted by molar-refractivity contribution is 0.166. The molecular formula is C12H15NO3S. The zero-order valence-corrected chi connectivity index (χ0v) is 10.5. The molecule has 1 aromatic carbocycles. The summed E-state index contributed by atoms with van der Waals surface area (Å²) < 4.78 is 29.1. The van der Waals surface area contributed by atoms with Gasteiger partial charge in [0.25, 0.3) is 0 Å². The van der Waals surface area contributed by atoms with Crippen LogP contribution in [0, 0.1) is 6.92 Å². The molecule has 0 radical (unpaired) electrons. The largest absolute Gasteiger partial charge is 0.486 e. The van der Waals surface area contributed by atoms with E-state index in [1.807, 2.05) is 25.1 Å². The minimum atomic E-state index is -2.91. The topological polar surface area (TPSA) is 55.4 Å². The number of anilines is 1. The normalized spacial score (nSPS) is 29.5. The SMILES string of the molecule is Cc1cccc2c1OC1CCS(=O)(=O)CC1N2. The Morgan fingerprint density at radius 2 is 2.24 bits per heavy atom. The van der Waals surface area contributed by atoms with Crippen molar-refractivity contribution in [1.29, 1.82) is 0 Å². The highest BCUT2D eigenvalue weighted by atomic mass is 32.2. The molecular weight excluding hydrogens is 238 g/mol. The van der Waals surface area contributed by atoms with E-state index in [2.05, 4.69) is 5.32 Å². The lowest BCUT2D eigenvalue weighted by Crippen LogP contribution is -2.50. The van der Waals surface area contributed by atoms with Gasteiger partial charge in [-0.3, -0.25) is 0 Å². The molecule has 4 nitrogen and oxygen atoms in total. The number of fused-ring (bicyclic) bond motifs is 2. The van der Waals surface area contributed by atoms with Gasteiger partial charge in [-0.2, -0.15) is 0 Å². The second kappa shape index (κ2) is 3.63. The van der Waals surface area contributed by atoms with Crippen LogP contribution in [0.4, 0.5) is 5.69 Å². The van der Waals surface area contributed by atoms with Crippen molar-refractivity contribution in [3.8, 4) is 5.75 Å². The molecule has 1 fully saturated rings. The molecule has 1 N–H and O–H groups in total. The monoisotopic (exact) mass is 253 g/mol. The van der Waals surface area contributed by atoms with Gasteiger partial charge in [-0.05, 0) is 18.6 Å². The van der Waals surface area contributed by atoms with Crippen molar-refractivity contribution in [3.05, 3.63) is 23.8 Å². The van der Waals surface area contributed by atoms with Crippen LogP contribution in [0.5, 0.6) is 5.75 Å². The third-order valence-electron chi connectivity index (χ3n) is 3.42. The van der Waals surface area contributed by atoms with Gasteiger partial charge in [-0.15, -0.1) is 0 Å². The number of rotatable bonds is 0. The van der Waals surface area contributed by atoms with Crippen LogP contribution in [-0.4, -0.2) is 32.1 Å². The molecule has 0 spiro atoms. The summed E-state index contributed by atoms with van der Waals surface area (Å²) in [5.74, 6) is 1.27. The van der Waals surface area contributed by atoms with Crippen LogP contribution in [0.15, 0.2) is 18.2 Å².